The van der Waals surface area contributed by atoms with Crippen molar-refractivity contribution in [2.24, 2.45) is 0 Å². The normalized spacial score (nSPS) is 10.7. The fourth-order valence-corrected chi connectivity index (χ4v) is 2.41. The highest BCUT2D eigenvalue weighted by Crippen LogP contribution is 2.23. The minimum atomic E-state index is 0.885. The Morgan fingerprint density at radius 2 is 1.80 bits per heavy atom. The third-order valence-corrected chi connectivity index (χ3v) is 3.90. The molecule has 0 fully saturated rings. The summed E-state index contributed by atoms with van der Waals surface area (Å²) in [6.07, 6.45) is 7.61. The van der Waals surface area contributed by atoms with Gasteiger partial charge in [0.1, 0.15) is 12.1 Å². The second-order valence-electron chi connectivity index (χ2n) is 4.57. The van der Waals surface area contributed by atoms with Gasteiger partial charge in [-0.1, -0.05) is 29.8 Å². The van der Waals surface area contributed by atoms with Crippen LogP contribution in [0.25, 0.3) is 17.1 Å². The molecule has 0 saturated carbocycles. The van der Waals surface area contributed by atoms with Crippen LogP contribution in [0.2, 0.25) is 0 Å². The van der Waals surface area contributed by atoms with Crippen LogP contribution in [-0.2, 0) is 0 Å². The molecule has 3 nitrogen and oxygen atoms in total. The summed E-state index contributed by atoms with van der Waals surface area (Å²) in [5, 5.41) is 0. The number of imidazole rings is 1. The molecule has 2 heterocycles. The molecule has 100 valence electrons. The van der Waals surface area contributed by atoms with E-state index in [1.165, 1.54) is 5.56 Å². The van der Waals surface area contributed by atoms with E-state index in [0.717, 1.165) is 22.0 Å². The number of aromatic nitrogens is 3. The van der Waals surface area contributed by atoms with Gasteiger partial charge in [0.25, 0.3) is 0 Å². The standard InChI is InChI=1S/C16H15N3S/c1-12-3-5-13(6-4-12)15-10-17-11-19(15)16-8-7-14(20-2)9-18-16/h3-11H,1-2H3. The lowest BCUT2D eigenvalue weighted by atomic mass is 10.1. The quantitative estimate of drug-likeness (QED) is 0.681. The highest BCUT2D eigenvalue weighted by molar-refractivity contribution is 7.98. The van der Waals surface area contributed by atoms with Crippen LogP contribution in [0.4, 0.5) is 0 Å². The molecule has 3 rings (SSSR count). The lowest BCUT2D eigenvalue weighted by molar-refractivity contribution is 0.988. The van der Waals surface area contributed by atoms with E-state index in [1.54, 1.807) is 18.1 Å². The minimum Gasteiger partial charge on any atom is -0.283 e. The van der Waals surface area contributed by atoms with E-state index in [-0.39, 0.29) is 0 Å². The average Bonchev–Trinajstić information content (AvgIpc) is 2.97. The Morgan fingerprint density at radius 3 is 2.45 bits per heavy atom. The highest BCUT2D eigenvalue weighted by Gasteiger charge is 2.07. The molecule has 20 heavy (non-hydrogen) atoms. The number of nitrogens with zero attached hydrogens (tertiary/aromatic N) is 3. The fraction of sp³-hybridized carbons (Fsp3) is 0.125. The van der Waals surface area contributed by atoms with E-state index in [4.69, 9.17) is 0 Å². The van der Waals surface area contributed by atoms with Gasteiger partial charge in [-0.2, -0.15) is 0 Å². The van der Waals surface area contributed by atoms with E-state index in [2.05, 4.69) is 47.2 Å². The van der Waals surface area contributed by atoms with Gasteiger partial charge in [-0.05, 0) is 25.3 Å². The summed E-state index contributed by atoms with van der Waals surface area (Å²) in [4.78, 5) is 9.91. The summed E-state index contributed by atoms with van der Waals surface area (Å²) in [5.41, 5.74) is 3.44. The van der Waals surface area contributed by atoms with Crippen molar-refractivity contribution in [2.75, 3.05) is 6.26 Å². The molecule has 0 bridgehead atoms. The number of benzene rings is 1. The molecule has 4 heteroatoms. The first kappa shape index (κ1) is 12.9. The molecule has 0 atom stereocenters. The number of aryl methyl sites for hydroxylation is 1. The van der Waals surface area contributed by atoms with E-state index in [9.17, 15) is 0 Å². The van der Waals surface area contributed by atoms with Crippen LogP contribution in [0.1, 0.15) is 5.56 Å². The smallest absolute Gasteiger partial charge is 0.138 e. The predicted octanol–water partition coefficient (Wildman–Crippen LogP) is 3.96. The van der Waals surface area contributed by atoms with Crippen LogP contribution in [0, 0.1) is 6.92 Å². The predicted molar refractivity (Wildman–Crippen MR) is 83.3 cm³/mol. The molecule has 0 aliphatic rings. The first-order valence-corrected chi connectivity index (χ1v) is 7.60. The first-order chi connectivity index (χ1) is 9.78. The number of hydrogen-bond acceptors (Lipinski definition) is 3. The number of thioether (sulfide) groups is 1. The van der Waals surface area contributed by atoms with Crippen molar-refractivity contribution in [3.8, 4) is 17.1 Å². The Morgan fingerprint density at radius 1 is 1.00 bits per heavy atom. The maximum atomic E-state index is 4.50. The first-order valence-electron chi connectivity index (χ1n) is 6.38. The van der Waals surface area contributed by atoms with Gasteiger partial charge >= 0.3 is 0 Å². The van der Waals surface area contributed by atoms with Gasteiger partial charge in [-0.3, -0.25) is 4.57 Å². The minimum absolute atomic E-state index is 0.885. The largest absolute Gasteiger partial charge is 0.283 e. The van der Waals surface area contributed by atoms with Crippen LogP contribution in [0.15, 0.2) is 60.0 Å². The van der Waals surface area contributed by atoms with Crippen molar-refractivity contribution in [2.45, 2.75) is 11.8 Å². The summed E-state index contributed by atoms with van der Waals surface area (Å²) in [6.45, 7) is 2.09. The van der Waals surface area contributed by atoms with Gasteiger partial charge in [0.05, 0.1) is 11.9 Å². The van der Waals surface area contributed by atoms with Gasteiger partial charge < -0.3 is 0 Å². The number of rotatable bonds is 3. The van der Waals surface area contributed by atoms with Crippen molar-refractivity contribution >= 4 is 11.8 Å². The summed E-state index contributed by atoms with van der Waals surface area (Å²) >= 11 is 1.69. The van der Waals surface area contributed by atoms with Gasteiger partial charge in [-0.25, -0.2) is 9.97 Å². The molecule has 0 amide bonds. The lowest BCUT2D eigenvalue weighted by Gasteiger charge is -2.08. The fourth-order valence-electron chi connectivity index (χ4n) is 2.05. The van der Waals surface area contributed by atoms with Crippen molar-refractivity contribution < 1.29 is 0 Å². The zero-order valence-corrected chi connectivity index (χ0v) is 12.3. The van der Waals surface area contributed by atoms with E-state index >= 15 is 0 Å². The molecule has 1 aromatic carbocycles. The molecule has 0 unspecified atom stereocenters. The van der Waals surface area contributed by atoms with Crippen LogP contribution in [0.5, 0.6) is 0 Å². The summed E-state index contributed by atoms with van der Waals surface area (Å²) in [5.74, 6) is 0.885. The lowest BCUT2D eigenvalue weighted by Crippen LogP contribution is -1.98. The Kier molecular flexibility index (Phi) is 3.56. The Bertz CT molecular complexity index is 699. The third kappa shape index (κ3) is 2.47. The number of pyridine rings is 1. The molecule has 0 aliphatic carbocycles. The Hall–Kier alpha value is -2.07. The second kappa shape index (κ2) is 5.51. The maximum absolute atomic E-state index is 4.50. The van der Waals surface area contributed by atoms with Gasteiger partial charge in [-0.15, -0.1) is 11.8 Å². The molecule has 0 radical (unpaired) electrons. The van der Waals surface area contributed by atoms with Crippen molar-refractivity contribution in [3.63, 3.8) is 0 Å². The van der Waals surface area contributed by atoms with Crippen molar-refractivity contribution in [3.05, 3.63) is 60.7 Å². The second-order valence-corrected chi connectivity index (χ2v) is 5.45. The molecular formula is C16H15N3S. The van der Waals surface area contributed by atoms with Crippen LogP contribution >= 0.6 is 11.8 Å². The van der Waals surface area contributed by atoms with Crippen LogP contribution in [0.3, 0.4) is 0 Å². The molecule has 3 aromatic rings. The summed E-state index contributed by atoms with van der Waals surface area (Å²) in [7, 11) is 0. The molecule has 0 saturated heterocycles. The topological polar surface area (TPSA) is 30.7 Å². The third-order valence-electron chi connectivity index (χ3n) is 3.19. The molecule has 0 aliphatic heterocycles. The molecule has 0 spiro atoms. The van der Waals surface area contributed by atoms with Crippen molar-refractivity contribution in [1.29, 1.82) is 0 Å². The van der Waals surface area contributed by atoms with E-state index < -0.39 is 0 Å². The monoisotopic (exact) mass is 281 g/mol. The maximum Gasteiger partial charge on any atom is 0.138 e. The van der Waals surface area contributed by atoms with Gasteiger partial charge in [0.2, 0.25) is 0 Å². The molecular weight excluding hydrogens is 266 g/mol. The van der Waals surface area contributed by atoms with Gasteiger partial charge in [0, 0.05) is 16.7 Å². The average molecular weight is 281 g/mol. The van der Waals surface area contributed by atoms with Crippen LogP contribution in [-0.4, -0.2) is 20.8 Å². The zero-order chi connectivity index (χ0) is 13.9. The van der Waals surface area contributed by atoms with Crippen molar-refractivity contribution in [1.82, 2.24) is 14.5 Å². The van der Waals surface area contributed by atoms with E-state index in [1.807, 2.05) is 29.3 Å². The van der Waals surface area contributed by atoms with E-state index in [0.29, 0.717) is 0 Å². The number of hydrogen-bond donors (Lipinski definition) is 0. The van der Waals surface area contributed by atoms with Gasteiger partial charge in [0.15, 0.2) is 0 Å². The SMILES string of the molecule is CSc1ccc(-n2cncc2-c2ccc(C)cc2)nc1. The molecule has 0 N–H and O–H groups in total. The Balaban J connectivity index is 2.02. The molecule has 2 aromatic heterocycles. The summed E-state index contributed by atoms with van der Waals surface area (Å²) < 4.78 is 2.01. The zero-order valence-electron chi connectivity index (χ0n) is 11.4. The summed E-state index contributed by atoms with van der Waals surface area (Å²) in [6, 6.07) is 12.5. The van der Waals surface area contributed by atoms with Crippen LogP contribution < -0.4 is 0 Å². The highest BCUT2D eigenvalue weighted by atomic mass is 32.2. The Labute approximate surface area is 122 Å².